The van der Waals surface area contributed by atoms with Gasteiger partial charge in [0.1, 0.15) is 5.75 Å². The third-order valence-electron chi connectivity index (χ3n) is 3.22. The standard InChI is InChI=1S/C13H16N2O5/c1-20-11-4-2-3-10(15(18)19)12(11)13(17)14(7-8-16)9-5-6-9/h2-4,9,16H,5-8H2,1H3. The van der Waals surface area contributed by atoms with Crippen molar-refractivity contribution < 1.29 is 19.6 Å². The Morgan fingerprint density at radius 3 is 2.75 bits per heavy atom. The fourth-order valence-electron chi connectivity index (χ4n) is 2.14. The molecule has 1 aliphatic carbocycles. The molecule has 0 saturated heterocycles. The number of ether oxygens (including phenoxy) is 1. The molecule has 1 aliphatic rings. The summed E-state index contributed by atoms with van der Waals surface area (Å²) in [6.07, 6.45) is 1.71. The van der Waals surface area contributed by atoms with Crippen molar-refractivity contribution in [1.29, 1.82) is 0 Å². The third kappa shape index (κ3) is 2.72. The van der Waals surface area contributed by atoms with Crippen LogP contribution >= 0.6 is 0 Å². The molecule has 0 aromatic heterocycles. The van der Waals surface area contributed by atoms with Gasteiger partial charge in [-0.05, 0) is 18.9 Å². The SMILES string of the molecule is COc1cccc([N+](=O)[O-])c1C(=O)N(CCO)C1CC1. The maximum Gasteiger partial charge on any atom is 0.285 e. The van der Waals surface area contributed by atoms with Gasteiger partial charge in [0.05, 0.1) is 18.6 Å². The van der Waals surface area contributed by atoms with E-state index < -0.39 is 10.8 Å². The minimum atomic E-state index is -0.597. The zero-order valence-corrected chi connectivity index (χ0v) is 11.1. The highest BCUT2D eigenvalue weighted by atomic mass is 16.6. The molecule has 0 aliphatic heterocycles. The summed E-state index contributed by atoms with van der Waals surface area (Å²) in [5.74, 6) is -0.293. The number of hydrogen-bond acceptors (Lipinski definition) is 5. The normalized spacial score (nSPS) is 13.9. The Morgan fingerprint density at radius 1 is 1.55 bits per heavy atom. The molecule has 1 fully saturated rings. The van der Waals surface area contributed by atoms with Gasteiger partial charge < -0.3 is 14.7 Å². The molecule has 1 N–H and O–H groups in total. The highest BCUT2D eigenvalue weighted by Crippen LogP contribution is 2.34. The molecule has 108 valence electrons. The number of nitro benzene ring substituents is 1. The summed E-state index contributed by atoms with van der Waals surface area (Å²) < 4.78 is 5.07. The van der Waals surface area contributed by atoms with Crippen LogP contribution in [0.15, 0.2) is 18.2 Å². The lowest BCUT2D eigenvalue weighted by atomic mass is 10.1. The van der Waals surface area contributed by atoms with Crippen LogP contribution in [0.25, 0.3) is 0 Å². The number of aliphatic hydroxyl groups excluding tert-OH is 1. The van der Waals surface area contributed by atoms with Gasteiger partial charge in [0, 0.05) is 18.7 Å². The van der Waals surface area contributed by atoms with E-state index >= 15 is 0 Å². The lowest BCUT2D eigenvalue weighted by Crippen LogP contribution is -2.36. The summed E-state index contributed by atoms with van der Waals surface area (Å²) in [4.78, 5) is 24.5. The first-order valence-electron chi connectivity index (χ1n) is 6.33. The summed E-state index contributed by atoms with van der Waals surface area (Å²) in [7, 11) is 1.36. The van der Waals surface area contributed by atoms with Crippen LogP contribution in [0.3, 0.4) is 0 Å². The quantitative estimate of drug-likeness (QED) is 0.624. The maximum atomic E-state index is 12.6. The minimum Gasteiger partial charge on any atom is -0.496 e. The number of amides is 1. The number of nitro groups is 1. The van der Waals surface area contributed by atoms with Crippen molar-refractivity contribution in [3.63, 3.8) is 0 Å². The predicted octanol–water partition coefficient (Wildman–Crippen LogP) is 1.20. The molecule has 0 atom stereocenters. The summed E-state index contributed by atoms with van der Waals surface area (Å²) in [6, 6.07) is 4.32. The molecule has 1 aromatic carbocycles. The molecule has 2 rings (SSSR count). The Hall–Kier alpha value is -2.15. The van der Waals surface area contributed by atoms with Gasteiger partial charge >= 0.3 is 0 Å². The van der Waals surface area contributed by atoms with E-state index in [-0.39, 0.29) is 36.2 Å². The van der Waals surface area contributed by atoms with Crippen molar-refractivity contribution in [3.05, 3.63) is 33.9 Å². The number of benzene rings is 1. The van der Waals surface area contributed by atoms with Gasteiger partial charge in [-0.2, -0.15) is 0 Å². The Balaban J connectivity index is 2.43. The van der Waals surface area contributed by atoms with Gasteiger partial charge in [-0.15, -0.1) is 0 Å². The van der Waals surface area contributed by atoms with Crippen LogP contribution in [-0.2, 0) is 0 Å². The number of carbonyl (C=O) groups excluding carboxylic acids is 1. The van der Waals surface area contributed by atoms with Gasteiger partial charge in [-0.3, -0.25) is 14.9 Å². The van der Waals surface area contributed by atoms with Gasteiger partial charge in [0.25, 0.3) is 11.6 Å². The van der Waals surface area contributed by atoms with Gasteiger partial charge in [-0.25, -0.2) is 0 Å². The molecule has 7 nitrogen and oxygen atoms in total. The highest BCUT2D eigenvalue weighted by molar-refractivity contribution is 6.01. The number of rotatable bonds is 6. The second kappa shape index (κ2) is 5.87. The zero-order valence-electron chi connectivity index (χ0n) is 11.1. The smallest absolute Gasteiger partial charge is 0.285 e. The van der Waals surface area contributed by atoms with Gasteiger partial charge in [-0.1, -0.05) is 6.07 Å². The molecule has 1 aromatic rings. The average Bonchev–Trinajstić information content (AvgIpc) is 3.27. The molecule has 1 amide bonds. The van der Waals surface area contributed by atoms with E-state index in [0.29, 0.717) is 0 Å². The number of hydrogen-bond donors (Lipinski definition) is 1. The highest BCUT2D eigenvalue weighted by Gasteiger charge is 2.36. The van der Waals surface area contributed by atoms with E-state index in [1.807, 2.05) is 0 Å². The molecule has 0 unspecified atom stereocenters. The molecule has 7 heteroatoms. The van der Waals surface area contributed by atoms with Crippen molar-refractivity contribution in [2.45, 2.75) is 18.9 Å². The number of aliphatic hydroxyl groups is 1. The zero-order chi connectivity index (χ0) is 14.7. The second-order valence-corrected chi connectivity index (χ2v) is 4.56. The largest absolute Gasteiger partial charge is 0.496 e. The Morgan fingerprint density at radius 2 is 2.25 bits per heavy atom. The van der Waals surface area contributed by atoms with Crippen LogP contribution in [0.1, 0.15) is 23.2 Å². The van der Waals surface area contributed by atoms with E-state index in [2.05, 4.69) is 0 Å². The Kier molecular flexibility index (Phi) is 4.19. The summed E-state index contributed by atoms with van der Waals surface area (Å²) in [5.41, 5.74) is -0.335. The second-order valence-electron chi connectivity index (χ2n) is 4.56. The Labute approximate surface area is 115 Å². The first-order valence-corrected chi connectivity index (χ1v) is 6.33. The van der Waals surface area contributed by atoms with Gasteiger partial charge in [0.2, 0.25) is 0 Å². The summed E-state index contributed by atoms with van der Waals surface area (Å²) in [5, 5.41) is 20.1. The first kappa shape index (κ1) is 14.3. The Bertz CT molecular complexity index is 527. The number of carbonyl (C=O) groups is 1. The van der Waals surface area contributed by atoms with E-state index in [1.165, 1.54) is 30.2 Å². The van der Waals surface area contributed by atoms with Crippen molar-refractivity contribution in [1.82, 2.24) is 4.90 Å². The maximum absolute atomic E-state index is 12.6. The van der Waals surface area contributed by atoms with Crippen LogP contribution in [0.4, 0.5) is 5.69 Å². The first-order chi connectivity index (χ1) is 9.60. The summed E-state index contributed by atoms with van der Waals surface area (Å²) >= 11 is 0. The van der Waals surface area contributed by atoms with E-state index in [9.17, 15) is 14.9 Å². The topological polar surface area (TPSA) is 92.9 Å². The van der Waals surface area contributed by atoms with Crippen molar-refractivity contribution >= 4 is 11.6 Å². The molecular weight excluding hydrogens is 264 g/mol. The number of methoxy groups -OCH3 is 1. The fourth-order valence-corrected chi connectivity index (χ4v) is 2.14. The number of nitrogens with zero attached hydrogens (tertiary/aromatic N) is 2. The van der Waals surface area contributed by atoms with Crippen molar-refractivity contribution in [2.24, 2.45) is 0 Å². The fraction of sp³-hybridized carbons (Fsp3) is 0.462. The summed E-state index contributed by atoms with van der Waals surface area (Å²) in [6.45, 7) is -0.0100. The van der Waals surface area contributed by atoms with Crippen molar-refractivity contribution in [3.8, 4) is 5.75 Å². The minimum absolute atomic E-state index is 0.0548. The van der Waals surface area contributed by atoms with E-state index in [4.69, 9.17) is 9.84 Å². The van der Waals surface area contributed by atoms with Crippen LogP contribution in [0, 0.1) is 10.1 Å². The average molecular weight is 280 g/mol. The molecule has 1 saturated carbocycles. The van der Waals surface area contributed by atoms with Crippen LogP contribution < -0.4 is 4.74 Å². The molecule has 20 heavy (non-hydrogen) atoms. The molecular formula is C13H16N2O5. The van der Waals surface area contributed by atoms with E-state index in [0.717, 1.165) is 12.8 Å². The third-order valence-corrected chi connectivity index (χ3v) is 3.22. The molecule has 0 bridgehead atoms. The molecule has 0 heterocycles. The lowest BCUT2D eigenvalue weighted by molar-refractivity contribution is -0.385. The van der Waals surface area contributed by atoms with Crippen LogP contribution in [-0.4, -0.2) is 47.1 Å². The van der Waals surface area contributed by atoms with Crippen LogP contribution in [0.5, 0.6) is 5.75 Å². The lowest BCUT2D eigenvalue weighted by Gasteiger charge is -2.22. The van der Waals surface area contributed by atoms with Crippen molar-refractivity contribution in [2.75, 3.05) is 20.3 Å². The monoisotopic (exact) mass is 280 g/mol. The molecule has 0 radical (unpaired) electrons. The predicted molar refractivity (Wildman–Crippen MR) is 70.8 cm³/mol. The molecule has 0 spiro atoms. The van der Waals surface area contributed by atoms with E-state index in [1.54, 1.807) is 0 Å². The van der Waals surface area contributed by atoms with Gasteiger partial charge in [0.15, 0.2) is 5.56 Å². The van der Waals surface area contributed by atoms with Crippen LogP contribution in [0.2, 0.25) is 0 Å².